The number of carbonyl (C=O) groups is 1. The van der Waals surface area contributed by atoms with Crippen LogP contribution >= 0.6 is 11.3 Å². The Hall–Kier alpha value is -0.940. The summed E-state index contributed by atoms with van der Waals surface area (Å²) in [6, 6.07) is 0.454. The van der Waals surface area contributed by atoms with Gasteiger partial charge in [-0.25, -0.2) is 4.98 Å². The highest BCUT2D eigenvalue weighted by molar-refractivity contribution is 7.09. The van der Waals surface area contributed by atoms with Gasteiger partial charge in [0.05, 0.1) is 10.7 Å². The molecule has 2 unspecified atom stereocenters. The third-order valence-corrected chi connectivity index (χ3v) is 4.16. The Morgan fingerprint density at radius 2 is 2.50 bits per heavy atom. The van der Waals surface area contributed by atoms with Gasteiger partial charge in [-0.15, -0.1) is 11.3 Å². The van der Waals surface area contributed by atoms with E-state index in [1.807, 2.05) is 6.92 Å². The van der Waals surface area contributed by atoms with Crippen LogP contribution in [0.25, 0.3) is 0 Å². The fourth-order valence-electron chi connectivity index (χ4n) is 2.35. The summed E-state index contributed by atoms with van der Waals surface area (Å²) in [6.07, 6.45) is 2.73. The van der Waals surface area contributed by atoms with Crippen molar-refractivity contribution >= 4 is 17.2 Å². The normalized spacial score (nSPS) is 23.9. The van der Waals surface area contributed by atoms with Crippen LogP contribution < -0.4 is 10.6 Å². The van der Waals surface area contributed by atoms with Crippen molar-refractivity contribution in [3.8, 4) is 0 Å². The van der Waals surface area contributed by atoms with E-state index in [1.54, 1.807) is 11.3 Å². The standard InChI is InChI=1S/C13H21N3OS/c1-9-7-11(3-5-14-9)13(17)15-6-4-12-8-18-10(2)16-12/h8-9,11,14H,3-7H2,1-2H3,(H,15,17). The van der Waals surface area contributed by atoms with Crippen LogP contribution in [0.1, 0.15) is 30.5 Å². The highest BCUT2D eigenvalue weighted by Gasteiger charge is 2.24. The lowest BCUT2D eigenvalue weighted by atomic mass is 9.92. The van der Waals surface area contributed by atoms with Crippen LogP contribution in [0.4, 0.5) is 0 Å². The molecule has 0 saturated carbocycles. The first kappa shape index (κ1) is 13.5. The quantitative estimate of drug-likeness (QED) is 0.869. The maximum absolute atomic E-state index is 12.0. The SMILES string of the molecule is Cc1nc(CCNC(=O)C2CCNC(C)C2)cs1. The summed E-state index contributed by atoms with van der Waals surface area (Å²) < 4.78 is 0. The Bertz CT molecular complexity index is 405. The third kappa shape index (κ3) is 3.78. The molecule has 0 aromatic carbocycles. The highest BCUT2D eigenvalue weighted by Crippen LogP contribution is 2.16. The van der Waals surface area contributed by atoms with E-state index in [0.29, 0.717) is 12.6 Å². The molecule has 1 aromatic rings. The smallest absolute Gasteiger partial charge is 0.223 e. The van der Waals surface area contributed by atoms with Gasteiger partial charge in [0.15, 0.2) is 0 Å². The maximum Gasteiger partial charge on any atom is 0.223 e. The third-order valence-electron chi connectivity index (χ3n) is 3.34. The zero-order chi connectivity index (χ0) is 13.0. The second kappa shape index (κ2) is 6.29. The maximum atomic E-state index is 12.0. The second-order valence-corrected chi connectivity index (χ2v) is 6.04. The van der Waals surface area contributed by atoms with Crippen molar-refractivity contribution in [3.05, 3.63) is 16.1 Å². The summed E-state index contributed by atoms with van der Waals surface area (Å²) in [7, 11) is 0. The van der Waals surface area contributed by atoms with Gasteiger partial charge in [0.1, 0.15) is 0 Å². The zero-order valence-electron chi connectivity index (χ0n) is 11.0. The molecule has 1 aliphatic rings. The van der Waals surface area contributed by atoms with Crippen LogP contribution in [0.3, 0.4) is 0 Å². The van der Waals surface area contributed by atoms with Gasteiger partial charge in [-0.1, -0.05) is 0 Å². The molecule has 0 radical (unpaired) electrons. The van der Waals surface area contributed by atoms with Gasteiger partial charge in [-0.05, 0) is 33.2 Å². The first-order valence-corrected chi connectivity index (χ1v) is 7.45. The number of nitrogens with one attached hydrogen (secondary N) is 2. The fraction of sp³-hybridized carbons (Fsp3) is 0.692. The van der Waals surface area contributed by atoms with Crippen molar-refractivity contribution in [2.24, 2.45) is 5.92 Å². The van der Waals surface area contributed by atoms with Crippen LogP contribution in [0.15, 0.2) is 5.38 Å². The number of hydrogen-bond donors (Lipinski definition) is 2. The molecule has 2 atom stereocenters. The topological polar surface area (TPSA) is 54.0 Å². The van der Waals surface area contributed by atoms with E-state index >= 15 is 0 Å². The molecule has 2 rings (SSSR count). The number of piperidine rings is 1. The van der Waals surface area contributed by atoms with Gasteiger partial charge >= 0.3 is 0 Å². The first-order chi connectivity index (χ1) is 8.65. The fourth-order valence-corrected chi connectivity index (χ4v) is 3.00. The van der Waals surface area contributed by atoms with Crippen molar-refractivity contribution in [1.82, 2.24) is 15.6 Å². The van der Waals surface area contributed by atoms with E-state index in [9.17, 15) is 4.79 Å². The summed E-state index contributed by atoms with van der Waals surface area (Å²) in [5.74, 6) is 0.383. The van der Waals surface area contributed by atoms with Gasteiger partial charge in [-0.2, -0.15) is 0 Å². The molecule has 2 heterocycles. The highest BCUT2D eigenvalue weighted by atomic mass is 32.1. The van der Waals surface area contributed by atoms with Crippen LogP contribution in [0.5, 0.6) is 0 Å². The first-order valence-electron chi connectivity index (χ1n) is 6.57. The van der Waals surface area contributed by atoms with Crippen molar-refractivity contribution in [1.29, 1.82) is 0 Å². The summed E-state index contributed by atoms with van der Waals surface area (Å²) in [5.41, 5.74) is 1.08. The van der Waals surface area contributed by atoms with E-state index in [0.717, 1.165) is 36.5 Å². The molecule has 1 saturated heterocycles. The molecule has 2 N–H and O–H groups in total. The summed E-state index contributed by atoms with van der Waals surface area (Å²) in [6.45, 7) is 5.78. The monoisotopic (exact) mass is 267 g/mol. The Labute approximate surface area is 112 Å². The molecule has 0 bridgehead atoms. The molecule has 4 nitrogen and oxygen atoms in total. The summed E-state index contributed by atoms with van der Waals surface area (Å²) >= 11 is 1.66. The molecule has 1 fully saturated rings. The number of aromatic nitrogens is 1. The minimum Gasteiger partial charge on any atom is -0.355 e. The van der Waals surface area contributed by atoms with E-state index in [-0.39, 0.29) is 11.8 Å². The minimum absolute atomic E-state index is 0.179. The molecule has 0 aliphatic carbocycles. The zero-order valence-corrected chi connectivity index (χ0v) is 11.8. The largest absolute Gasteiger partial charge is 0.355 e. The van der Waals surface area contributed by atoms with Crippen LogP contribution in [0.2, 0.25) is 0 Å². The van der Waals surface area contributed by atoms with Gasteiger partial charge in [-0.3, -0.25) is 4.79 Å². The molecule has 100 valence electrons. The second-order valence-electron chi connectivity index (χ2n) is 4.98. The number of thiazole rings is 1. The van der Waals surface area contributed by atoms with Crippen molar-refractivity contribution in [2.75, 3.05) is 13.1 Å². The van der Waals surface area contributed by atoms with Gasteiger partial charge in [0.25, 0.3) is 0 Å². The van der Waals surface area contributed by atoms with Gasteiger partial charge < -0.3 is 10.6 Å². The number of aryl methyl sites for hydroxylation is 1. The molecule has 5 heteroatoms. The minimum atomic E-state index is 0.179. The van der Waals surface area contributed by atoms with Crippen LogP contribution in [-0.4, -0.2) is 30.0 Å². The number of carbonyl (C=O) groups excluding carboxylic acids is 1. The summed E-state index contributed by atoms with van der Waals surface area (Å²) in [5, 5.41) is 9.54. The van der Waals surface area contributed by atoms with E-state index in [1.165, 1.54) is 0 Å². The molecular weight excluding hydrogens is 246 g/mol. The van der Waals surface area contributed by atoms with E-state index in [2.05, 4.69) is 27.9 Å². The van der Waals surface area contributed by atoms with E-state index in [4.69, 9.17) is 0 Å². The lowest BCUT2D eigenvalue weighted by Gasteiger charge is -2.27. The van der Waals surface area contributed by atoms with Crippen molar-refractivity contribution in [2.45, 2.75) is 39.2 Å². The average molecular weight is 267 g/mol. The number of rotatable bonds is 4. The predicted octanol–water partition coefficient (Wildman–Crippen LogP) is 1.50. The predicted molar refractivity (Wildman–Crippen MR) is 73.8 cm³/mol. The molecule has 1 aromatic heterocycles. The number of hydrogen-bond acceptors (Lipinski definition) is 4. The van der Waals surface area contributed by atoms with Gasteiger partial charge in [0.2, 0.25) is 5.91 Å². The molecule has 1 aliphatic heterocycles. The van der Waals surface area contributed by atoms with Crippen LogP contribution in [0, 0.1) is 12.8 Å². The van der Waals surface area contributed by atoms with Gasteiger partial charge in [0, 0.05) is 30.3 Å². The number of amides is 1. The molecular formula is C13H21N3OS. The molecule has 0 spiro atoms. The Kier molecular flexibility index (Phi) is 4.72. The Balaban J connectivity index is 1.71. The summed E-state index contributed by atoms with van der Waals surface area (Å²) in [4.78, 5) is 16.4. The molecule has 18 heavy (non-hydrogen) atoms. The average Bonchev–Trinajstić information content (AvgIpc) is 2.75. The molecule has 1 amide bonds. The lowest BCUT2D eigenvalue weighted by Crippen LogP contribution is -2.42. The van der Waals surface area contributed by atoms with E-state index < -0.39 is 0 Å². The van der Waals surface area contributed by atoms with Crippen molar-refractivity contribution in [3.63, 3.8) is 0 Å². The van der Waals surface area contributed by atoms with Crippen molar-refractivity contribution < 1.29 is 4.79 Å². The van der Waals surface area contributed by atoms with Crippen LogP contribution in [-0.2, 0) is 11.2 Å². The lowest BCUT2D eigenvalue weighted by molar-refractivity contribution is -0.126. The number of nitrogens with zero attached hydrogens (tertiary/aromatic N) is 1. The Morgan fingerprint density at radius 3 is 3.17 bits per heavy atom. The Morgan fingerprint density at radius 1 is 1.67 bits per heavy atom.